The molecule has 5 nitrogen and oxygen atoms in total. The number of aliphatic imine (C=N–C) groups is 1. The van der Waals surface area contributed by atoms with Crippen LogP contribution in [0, 0.1) is 5.92 Å². The van der Waals surface area contributed by atoms with Crippen LogP contribution in [0.1, 0.15) is 65.2 Å². The van der Waals surface area contributed by atoms with Gasteiger partial charge in [-0.15, -0.1) is 24.0 Å². The second-order valence-corrected chi connectivity index (χ2v) is 6.21. The van der Waals surface area contributed by atoms with Crippen LogP contribution in [0.25, 0.3) is 0 Å². The van der Waals surface area contributed by atoms with Crippen LogP contribution in [-0.2, 0) is 4.79 Å². The van der Waals surface area contributed by atoms with E-state index in [1.54, 1.807) is 7.05 Å². The summed E-state index contributed by atoms with van der Waals surface area (Å²) in [5, 5.41) is 9.69. The molecule has 1 amide bonds. The fraction of sp³-hybridized carbons (Fsp3) is 0.882. The van der Waals surface area contributed by atoms with Crippen molar-refractivity contribution >= 4 is 35.8 Å². The van der Waals surface area contributed by atoms with Gasteiger partial charge in [-0.25, -0.2) is 0 Å². The highest BCUT2D eigenvalue weighted by Crippen LogP contribution is 2.17. The summed E-state index contributed by atoms with van der Waals surface area (Å²) in [4.78, 5) is 16.1. The third kappa shape index (κ3) is 10.0. The van der Waals surface area contributed by atoms with Gasteiger partial charge in [-0.05, 0) is 18.8 Å². The van der Waals surface area contributed by atoms with Crippen molar-refractivity contribution in [2.45, 2.75) is 71.3 Å². The zero-order valence-electron chi connectivity index (χ0n) is 15.0. The lowest BCUT2D eigenvalue weighted by atomic mass is 9.95. The minimum Gasteiger partial charge on any atom is -0.356 e. The lowest BCUT2D eigenvalue weighted by Crippen LogP contribution is -2.42. The van der Waals surface area contributed by atoms with Gasteiger partial charge in [-0.2, -0.15) is 0 Å². The number of hydrogen-bond acceptors (Lipinski definition) is 2. The van der Waals surface area contributed by atoms with Gasteiger partial charge in [0.05, 0.1) is 0 Å². The topological polar surface area (TPSA) is 65.5 Å². The molecule has 0 aliphatic heterocycles. The van der Waals surface area contributed by atoms with Gasteiger partial charge in [-0.3, -0.25) is 9.79 Å². The Morgan fingerprint density at radius 3 is 2.35 bits per heavy atom. The predicted octanol–water partition coefficient (Wildman–Crippen LogP) is 3.04. The second kappa shape index (κ2) is 13.9. The van der Waals surface area contributed by atoms with Crippen LogP contribution in [0.5, 0.6) is 0 Å². The number of amides is 1. The number of rotatable bonds is 8. The molecule has 1 fully saturated rings. The molecule has 1 aliphatic carbocycles. The average molecular weight is 438 g/mol. The molecule has 0 atom stereocenters. The van der Waals surface area contributed by atoms with E-state index < -0.39 is 0 Å². The molecule has 0 bridgehead atoms. The Bertz CT molecular complexity index is 339. The Kier molecular flexibility index (Phi) is 13.5. The van der Waals surface area contributed by atoms with Crippen molar-refractivity contribution in [2.24, 2.45) is 10.9 Å². The van der Waals surface area contributed by atoms with Crippen LogP contribution in [0.4, 0.5) is 0 Å². The number of guanidine groups is 1. The Labute approximate surface area is 158 Å². The molecule has 0 aromatic rings. The van der Waals surface area contributed by atoms with Crippen molar-refractivity contribution in [2.75, 3.05) is 20.1 Å². The number of nitrogens with one attached hydrogen (secondary N) is 3. The van der Waals surface area contributed by atoms with Crippen molar-refractivity contribution in [3.8, 4) is 0 Å². The third-order valence-corrected chi connectivity index (χ3v) is 4.55. The van der Waals surface area contributed by atoms with Crippen molar-refractivity contribution in [1.82, 2.24) is 16.0 Å². The average Bonchev–Trinajstić information content (AvgIpc) is 2.55. The maximum absolute atomic E-state index is 11.9. The second-order valence-electron chi connectivity index (χ2n) is 6.21. The van der Waals surface area contributed by atoms with Crippen LogP contribution in [0.3, 0.4) is 0 Å². The molecule has 0 unspecified atom stereocenters. The zero-order valence-corrected chi connectivity index (χ0v) is 17.3. The molecule has 0 spiro atoms. The van der Waals surface area contributed by atoms with Crippen LogP contribution in [0.2, 0.25) is 0 Å². The molecule has 1 rings (SSSR count). The number of nitrogens with zero attached hydrogens (tertiary/aromatic N) is 1. The fourth-order valence-corrected chi connectivity index (χ4v) is 2.88. The molecular formula is C17H35IN4O. The van der Waals surface area contributed by atoms with Gasteiger partial charge in [0.25, 0.3) is 0 Å². The van der Waals surface area contributed by atoms with Gasteiger partial charge in [0.2, 0.25) is 5.91 Å². The first kappa shape index (κ1) is 22.5. The molecule has 0 saturated heterocycles. The SMILES string of the molecule is CCC(CC)CNC(=NC)NCCC(=O)NC1CCCCC1.I. The van der Waals surface area contributed by atoms with Gasteiger partial charge in [0, 0.05) is 32.6 Å². The van der Waals surface area contributed by atoms with Crippen molar-refractivity contribution in [3.63, 3.8) is 0 Å². The number of hydrogen-bond donors (Lipinski definition) is 3. The summed E-state index contributed by atoms with van der Waals surface area (Å²) in [5.41, 5.74) is 0. The first-order chi connectivity index (χ1) is 10.7. The van der Waals surface area contributed by atoms with Gasteiger partial charge in [0.15, 0.2) is 5.96 Å². The minimum atomic E-state index is 0. The molecule has 0 aromatic heterocycles. The smallest absolute Gasteiger partial charge is 0.221 e. The molecule has 0 aromatic carbocycles. The Hall–Kier alpha value is -0.530. The summed E-state index contributed by atoms with van der Waals surface area (Å²) in [7, 11) is 1.77. The van der Waals surface area contributed by atoms with Gasteiger partial charge >= 0.3 is 0 Å². The van der Waals surface area contributed by atoms with Crippen LogP contribution in [0.15, 0.2) is 4.99 Å². The largest absolute Gasteiger partial charge is 0.356 e. The van der Waals surface area contributed by atoms with E-state index in [0.29, 0.717) is 24.9 Å². The monoisotopic (exact) mass is 438 g/mol. The molecule has 0 heterocycles. The molecule has 3 N–H and O–H groups in total. The first-order valence-corrected chi connectivity index (χ1v) is 8.93. The number of halogens is 1. The summed E-state index contributed by atoms with van der Waals surface area (Å²) >= 11 is 0. The highest BCUT2D eigenvalue weighted by atomic mass is 127. The summed E-state index contributed by atoms with van der Waals surface area (Å²) in [6.45, 7) is 5.98. The highest BCUT2D eigenvalue weighted by molar-refractivity contribution is 14.0. The van der Waals surface area contributed by atoms with E-state index >= 15 is 0 Å². The normalized spacial score (nSPS) is 15.9. The Balaban J connectivity index is 0.00000484. The lowest BCUT2D eigenvalue weighted by Gasteiger charge is -2.23. The minimum absolute atomic E-state index is 0. The van der Waals surface area contributed by atoms with E-state index in [4.69, 9.17) is 0 Å². The fourth-order valence-electron chi connectivity index (χ4n) is 2.88. The van der Waals surface area contributed by atoms with Gasteiger partial charge < -0.3 is 16.0 Å². The predicted molar refractivity (Wildman–Crippen MR) is 108 cm³/mol. The summed E-state index contributed by atoms with van der Waals surface area (Å²) in [6.07, 6.45) is 8.92. The Morgan fingerprint density at radius 2 is 1.78 bits per heavy atom. The standard InChI is InChI=1S/C17H34N4O.HI/c1-4-14(5-2)13-20-17(18-3)19-12-11-16(22)21-15-9-7-6-8-10-15;/h14-15H,4-13H2,1-3H3,(H,21,22)(H2,18,19,20);1H. The summed E-state index contributed by atoms with van der Waals surface area (Å²) in [6, 6.07) is 0.397. The van der Waals surface area contributed by atoms with Crippen LogP contribution in [-0.4, -0.2) is 38.0 Å². The van der Waals surface area contributed by atoms with Gasteiger partial charge in [0.1, 0.15) is 0 Å². The molecule has 1 saturated carbocycles. The highest BCUT2D eigenvalue weighted by Gasteiger charge is 2.15. The number of carbonyl (C=O) groups is 1. The summed E-state index contributed by atoms with van der Waals surface area (Å²) < 4.78 is 0. The Morgan fingerprint density at radius 1 is 1.13 bits per heavy atom. The van der Waals surface area contributed by atoms with E-state index in [9.17, 15) is 4.79 Å². The van der Waals surface area contributed by atoms with E-state index in [1.165, 1.54) is 32.1 Å². The van der Waals surface area contributed by atoms with E-state index in [2.05, 4.69) is 34.8 Å². The molecule has 0 radical (unpaired) electrons. The summed E-state index contributed by atoms with van der Waals surface area (Å²) in [5.74, 6) is 1.61. The number of carbonyl (C=O) groups excluding carboxylic acids is 1. The van der Waals surface area contributed by atoms with E-state index in [1.807, 2.05) is 0 Å². The van der Waals surface area contributed by atoms with Crippen molar-refractivity contribution in [1.29, 1.82) is 0 Å². The molecular weight excluding hydrogens is 403 g/mol. The zero-order chi connectivity index (χ0) is 16.2. The van der Waals surface area contributed by atoms with Crippen LogP contribution >= 0.6 is 24.0 Å². The molecule has 6 heteroatoms. The van der Waals surface area contributed by atoms with Crippen molar-refractivity contribution in [3.05, 3.63) is 0 Å². The maximum Gasteiger partial charge on any atom is 0.221 e. The quantitative estimate of drug-likeness (QED) is 0.310. The molecule has 23 heavy (non-hydrogen) atoms. The van der Waals surface area contributed by atoms with Gasteiger partial charge in [-0.1, -0.05) is 46.0 Å². The lowest BCUT2D eigenvalue weighted by molar-refractivity contribution is -0.121. The van der Waals surface area contributed by atoms with E-state index in [0.717, 1.165) is 25.3 Å². The third-order valence-electron chi connectivity index (χ3n) is 4.55. The molecule has 1 aliphatic rings. The van der Waals surface area contributed by atoms with Crippen LogP contribution < -0.4 is 16.0 Å². The van der Waals surface area contributed by atoms with Crippen molar-refractivity contribution < 1.29 is 4.79 Å². The maximum atomic E-state index is 11.9. The van der Waals surface area contributed by atoms with E-state index in [-0.39, 0.29) is 29.9 Å². The molecule has 136 valence electrons. The first-order valence-electron chi connectivity index (χ1n) is 8.93.